The van der Waals surface area contributed by atoms with Crippen molar-refractivity contribution in [3.8, 4) is 12.3 Å². The number of halogens is 2. The van der Waals surface area contributed by atoms with Gasteiger partial charge in [-0.3, -0.25) is 23.9 Å². The molecule has 5 aromatic rings. The minimum atomic E-state index is -3.24. The van der Waals surface area contributed by atoms with Gasteiger partial charge in [0.15, 0.2) is 35.3 Å². The Kier molecular flexibility index (Phi) is 33.9. The zero-order valence-corrected chi connectivity index (χ0v) is 77.4. The van der Waals surface area contributed by atoms with E-state index in [-0.39, 0.29) is 56.9 Å². The number of ether oxygens (including phenoxy) is 10. The Bertz CT molecular complexity index is 4790. The molecule has 3 aromatic heterocycles. The number of carbonyl (C=O) groups excluding carboxylic acids is 8. The van der Waals surface area contributed by atoms with Crippen LogP contribution in [-0.2, 0) is 95.8 Å². The minimum Gasteiger partial charge on any atom is -0.455 e. The summed E-state index contributed by atoms with van der Waals surface area (Å²) in [5, 5.41) is 72.8. The third-order valence-corrected chi connectivity index (χ3v) is 26.6. The molecule has 11 rings (SSSR count). The molecule has 10 unspecified atom stereocenters. The fourth-order valence-electron chi connectivity index (χ4n) is 19.5. The van der Waals surface area contributed by atoms with Crippen LogP contribution in [0.4, 0.5) is 18.4 Å². The lowest BCUT2D eigenvalue weighted by Crippen LogP contribution is -2.64. The number of aromatic nitrogens is 9. The smallest absolute Gasteiger partial charge is 0.410 e. The molecule has 38 nitrogen and oxygen atoms in total. The van der Waals surface area contributed by atoms with Crippen LogP contribution in [0.25, 0.3) is 32.5 Å². The number of cyclic esters (lactones) is 2. The van der Waals surface area contributed by atoms with Crippen molar-refractivity contribution in [1.29, 1.82) is 0 Å². The molecular weight excluding hydrogens is 1670 g/mol. The normalized spacial score (nSPS) is 36.5. The fourth-order valence-corrected chi connectivity index (χ4v) is 19.5. The zero-order chi connectivity index (χ0) is 94.9. The van der Waals surface area contributed by atoms with E-state index >= 15 is 8.78 Å². The van der Waals surface area contributed by atoms with Gasteiger partial charge < -0.3 is 87.4 Å². The quantitative estimate of drug-likeness (QED) is 0.00717. The summed E-state index contributed by atoms with van der Waals surface area (Å²) < 4.78 is 99.1. The van der Waals surface area contributed by atoms with Gasteiger partial charge in [-0.25, -0.2) is 37.3 Å². The molecule has 0 radical (unpaired) electrons. The van der Waals surface area contributed by atoms with E-state index in [1.165, 1.54) is 44.8 Å². The van der Waals surface area contributed by atoms with E-state index in [0.717, 1.165) is 35.9 Å². The van der Waals surface area contributed by atoms with Crippen molar-refractivity contribution < 1.29 is 115 Å². The highest BCUT2D eigenvalue weighted by Crippen LogP contribution is 2.47. The number of rotatable bonds is 23. The topological polar surface area (TPSA) is 464 Å². The maximum atomic E-state index is 17.0. The van der Waals surface area contributed by atoms with Gasteiger partial charge in [0.25, 0.3) is 11.3 Å². The maximum absolute atomic E-state index is 17.0. The maximum Gasteiger partial charge on any atom is 0.410 e. The summed E-state index contributed by atoms with van der Waals surface area (Å²) in [5.41, 5.74) is 0.0638. The molecule has 708 valence electrons. The standard InChI is InChI=1S/C44H65FN8O11.C35H58FN5O11.C9H7N3/c1-12-31-44(8)36(52(41(59)64-44)20-16-15-19-51-22-28(46-48-51)23-53-30-18-14-13-17-29(30)47-49-53)25(3)33(54)24(2)21-42(6,60-11)38(26(4)37(57)43(7,45)40(58)62-31)63-39-35(56)32(50(9)10)34(55)27(5)61-39;1-12-22-35(8)27(41(32(47)52-35)16-14-13-15-38-39-37)19(3)24(42)18(2)17-33(6,48-11)29(20(4)28(45)34(7,36)31(46)50-22)51-30-26(44)23(40(9)10)25(43)21(5)49-30;1-2-7-12-9-6-4-3-5-8(9)10-11-12/h13-14,17-18,22,24-27,31-32,34-36,38-39,55-56H,12,15-16,19-21,23H2,1-11H3;18-23,25-27,29-30,43-44H,12-17H2,1-11H3;1,3-6H,7H2/t24-,25+,26+,27?,31-,32?,34?,35?,36-,38-,39?,42+,43+,44-;18-,19+,20+,21?,22-,23?,25?,26?,27-,29-,30?,33+,34+,35-;/m11./s1. The van der Waals surface area contributed by atoms with Crippen LogP contribution in [-0.4, -0.2) is 326 Å². The lowest BCUT2D eigenvalue weighted by atomic mass is 9.73. The number of fused-ring (bicyclic) bond motifs is 4. The van der Waals surface area contributed by atoms with Crippen LogP contribution in [0.5, 0.6) is 0 Å². The Morgan fingerprint density at radius 2 is 0.969 bits per heavy atom. The number of unbranched alkanes of at least 4 members (excludes halogenated alkanes) is 2. The van der Waals surface area contributed by atoms with Crippen LogP contribution >= 0.6 is 0 Å². The van der Waals surface area contributed by atoms with E-state index < -0.39 is 203 Å². The number of hydrogen-bond acceptors (Lipinski definition) is 31. The number of carbonyl (C=O) groups is 8. The van der Waals surface area contributed by atoms with Crippen LogP contribution in [0, 0.1) is 47.9 Å². The molecule has 2 aromatic carbocycles. The van der Waals surface area contributed by atoms with Crippen molar-refractivity contribution in [3.63, 3.8) is 0 Å². The SMILES string of the molecule is C#CCn1nnc2ccccc21.CC[C@H]1OC(=O)[C@@](C)(F)C(=O)[C@H](C)[C@@H](OC2OC(C)C(O)C(N(C)C)C2O)[C@@](C)(OC)C[C@@H](C)C(=O)[C@H](C)[C@H]2N(CCCCN=[N+]=[N-])C(=O)O[C@]12C.CC[C@H]1OC(=O)[C@@](C)(F)C(=O)[C@H](C)[C@@H](OC2OC(C)C(O)C(N(C)C)C2O)[C@@](C)(OC)C[C@@H](C)C(=O)[C@H](C)[C@H]2N(CCCCn3cc(Cn4nnc5ccccc54)nn3)C(=O)O[C@]12C. The van der Waals surface area contributed by atoms with E-state index in [4.69, 9.17) is 59.3 Å². The lowest BCUT2D eigenvalue weighted by Gasteiger charge is -2.48. The molecule has 6 aliphatic heterocycles. The molecule has 0 aliphatic carbocycles. The summed E-state index contributed by atoms with van der Waals surface area (Å²) in [4.78, 5) is 122. The van der Waals surface area contributed by atoms with E-state index in [1.54, 1.807) is 128 Å². The third-order valence-electron chi connectivity index (χ3n) is 26.6. The molecule has 2 amide bonds. The molecule has 0 spiro atoms. The Labute approximate surface area is 744 Å². The second kappa shape index (κ2) is 42.3. The molecule has 40 heteroatoms. The van der Waals surface area contributed by atoms with Crippen molar-refractivity contribution in [2.45, 2.75) is 313 Å². The Balaban J connectivity index is 0.000000258. The average Bonchev–Trinajstić information content (AvgIpc) is 1.56. The predicted molar refractivity (Wildman–Crippen MR) is 458 cm³/mol. The van der Waals surface area contributed by atoms with E-state index in [0.29, 0.717) is 51.0 Å². The number of hydrogen-bond donors (Lipinski definition) is 4. The first-order valence-corrected chi connectivity index (χ1v) is 43.8. The number of methoxy groups -OCH3 is 2. The second-order valence-electron chi connectivity index (χ2n) is 36.3. The number of aliphatic hydroxyl groups excluding tert-OH is 4. The number of nitrogens with zero attached hydrogens (tertiary/aromatic N) is 16. The fraction of sp³-hybridized carbons (Fsp3) is 0.727. The monoisotopic (exact) mass is 1800 g/mol. The van der Waals surface area contributed by atoms with Crippen LogP contribution in [0.15, 0.2) is 59.8 Å². The Morgan fingerprint density at radius 1 is 0.570 bits per heavy atom. The van der Waals surface area contributed by atoms with Gasteiger partial charge in [0.2, 0.25) is 0 Å². The van der Waals surface area contributed by atoms with Gasteiger partial charge in [-0.1, -0.05) is 106 Å². The Hall–Kier alpha value is -9.21. The highest BCUT2D eigenvalue weighted by molar-refractivity contribution is 6.08. The van der Waals surface area contributed by atoms with Crippen LogP contribution in [0.3, 0.4) is 0 Å². The molecule has 6 aliphatic rings. The van der Waals surface area contributed by atoms with Crippen molar-refractivity contribution in [2.24, 2.45) is 40.6 Å². The average molecular weight is 1800 g/mol. The van der Waals surface area contributed by atoms with Crippen LogP contribution in [0.2, 0.25) is 0 Å². The Morgan fingerprint density at radius 3 is 1.37 bits per heavy atom. The van der Waals surface area contributed by atoms with Gasteiger partial charge in [-0.05, 0) is 165 Å². The van der Waals surface area contributed by atoms with Crippen molar-refractivity contribution in [1.82, 2.24) is 64.6 Å². The number of esters is 2. The van der Waals surface area contributed by atoms with Crippen LogP contribution < -0.4 is 0 Å². The number of ketones is 4. The number of likely N-dealkylation sites (N-methyl/N-ethyl adjacent to an activating group) is 2. The molecule has 6 saturated heterocycles. The van der Waals surface area contributed by atoms with Gasteiger partial charge in [-0.2, -0.15) is 0 Å². The summed E-state index contributed by atoms with van der Waals surface area (Å²) in [6.07, 6.45) is -7.56. The molecule has 28 atom stereocenters. The number of Topliss-reactive ketones (excluding diaryl/α,β-unsaturated/α-hetero) is 4. The number of alkyl halides is 2. The largest absolute Gasteiger partial charge is 0.455 e. The molecule has 4 N–H and O–H groups in total. The summed E-state index contributed by atoms with van der Waals surface area (Å²) in [7, 11) is 9.37. The number of amides is 2. The molecule has 9 heterocycles. The van der Waals surface area contributed by atoms with E-state index in [1.807, 2.05) is 54.7 Å². The van der Waals surface area contributed by atoms with E-state index in [2.05, 4.69) is 46.9 Å². The molecule has 0 saturated carbocycles. The van der Waals surface area contributed by atoms with Crippen molar-refractivity contribution >= 4 is 69.3 Å². The summed E-state index contributed by atoms with van der Waals surface area (Å²) in [6.45, 7) is 25.7. The number of aliphatic hydroxyl groups is 4. The first kappa shape index (κ1) is 103. The number of azide groups is 1. The molecule has 128 heavy (non-hydrogen) atoms. The molecule has 0 bridgehead atoms. The van der Waals surface area contributed by atoms with E-state index in [9.17, 15) is 58.8 Å². The second-order valence-corrected chi connectivity index (χ2v) is 36.3. The van der Waals surface area contributed by atoms with Crippen molar-refractivity contribution in [2.75, 3.05) is 62.0 Å². The summed E-state index contributed by atoms with van der Waals surface area (Å²) >= 11 is 0. The highest BCUT2D eigenvalue weighted by atomic mass is 19.1. The zero-order valence-electron chi connectivity index (χ0n) is 77.4. The number of aryl methyl sites for hydroxylation is 1. The van der Waals surface area contributed by atoms with Gasteiger partial charge >= 0.3 is 24.1 Å². The highest BCUT2D eigenvalue weighted by Gasteiger charge is 2.65. The van der Waals surface area contributed by atoms with Crippen LogP contribution in [0.1, 0.15) is 168 Å². The molecular formula is C88H130F2N16O22. The first-order valence-electron chi connectivity index (χ1n) is 43.8. The number of benzene rings is 2. The first-order chi connectivity index (χ1) is 60.1. The summed E-state index contributed by atoms with van der Waals surface area (Å²) in [6, 6.07) is 11.7. The third kappa shape index (κ3) is 21.4. The summed E-state index contributed by atoms with van der Waals surface area (Å²) in [5.74, 6) is -9.75. The van der Waals surface area contributed by atoms with Gasteiger partial charge in [0, 0.05) is 80.8 Å². The number of para-hydroxylation sites is 2. The minimum absolute atomic E-state index is 0.0501. The van der Waals surface area contributed by atoms with Gasteiger partial charge in [-0.15, -0.1) is 21.7 Å². The predicted octanol–water partition coefficient (Wildman–Crippen LogP) is 7.53. The van der Waals surface area contributed by atoms with Crippen molar-refractivity contribution in [3.05, 3.63) is 70.9 Å². The van der Waals surface area contributed by atoms with Gasteiger partial charge in [0.05, 0.1) is 95.8 Å². The van der Waals surface area contributed by atoms with Gasteiger partial charge in [0.1, 0.15) is 59.3 Å². The lowest BCUT2D eigenvalue weighted by molar-refractivity contribution is -0.313. The molecule has 6 fully saturated rings. The number of terminal acetylenes is 1.